The van der Waals surface area contributed by atoms with Crippen molar-refractivity contribution < 1.29 is 4.79 Å². The fraction of sp³-hybridized carbons (Fsp3) is 0.611. The van der Waals surface area contributed by atoms with Gasteiger partial charge in [-0.05, 0) is 62.1 Å². The highest BCUT2D eigenvalue weighted by atomic mass is 16.1. The molecule has 1 aromatic rings. The normalized spacial score (nSPS) is 21.4. The van der Waals surface area contributed by atoms with Crippen molar-refractivity contribution in [2.24, 2.45) is 5.92 Å². The van der Waals surface area contributed by atoms with E-state index in [0.29, 0.717) is 17.9 Å². The molecule has 2 nitrogen and oxygen atoms in total. The number of hydrogen-bond donors (Lipinski definition) is 1. The monoisotopic (exact) mass is 271 g/mol. The Bertz CT molecular complexity index is 472. The number of carbonyl (C=O) groups excluding carboxylic acids is 1. The standard InChI is InChI=1S/C18H25NO/c1-13(14-6-2-3-7-14)19-18(20)17-11-5-10-16(12-17)15-8-4-9-15/h5,10-15H,2-4,6-9H2,1H3,(H,19,20). The van der Waals surface area contributed by atoms with Crippen molar-refractivity contribution in [3.8, 4) is 0 Å². The summed E-state index contributed by atoms with van der Waals surface area (Å²) in [4.78, 5) is 12.4. The number of nitrogens with one attached hydrogen (secondary N) is 1. The third kappa shape index (κ3) is 2.89. The summed E-state index contributed by atoms with van der Waals surface area (Å²) in [6, 6.07) is 8.54. The van der Waals surface area contributed by atoms with E-state index in [9.17, 15) is 4.79 Å². The topological polar surface area (TPSA) is 29.1 Å². The van der Waals surface area contributed by atoms with Gasteiger partial charge < -0.3 is 5.32 Å². The van der Waals surface area contributed by atoms with Crippen molar-refractivity contribution in [3.05, 3.63) is 35.4 Å². The fourth-order valence-corrected chi connectivity index (χ4v) is 3.54. The van der Waals surface area contributed by atoms with E-state index in [1.807, 2.05) is 12.1 Å². The molecule has 0 saturated heterocycles. The van der Waals surface area contributed by atoms with Crippen LogP contribution in [0.4, 0.5) is 0 Å². The molecule has 0 aromatic heterocycles. The number of benzene rings is 1. The summed E-state index contributed by atoms with van der Waals surface area (Å²) >= 11 is 0. The van der Waals surface area contributed by atoms with Crippen molar-refractivity contribution in [2.75, 3.05) is 0 Å². The molecule has 2 aliphatic carbocycles. The van der Waals surface area contributed by atoms with Gasteiger partial charge >= 0.3 is 0 Å². The van der Waals surface area contributed by atoms with Crippen molar-refractivity contribution in [1.82, 2.24) is 5.32 Å². The molecule has 1 aromatic carbocycles. The number of amides is 1. The van der Waals surface area contributed by atoms with Crippen molar-refractivity contribution in [3.63, 3.8) is 0 Å². The third-order valence-corrected chi connectivity index (χ3v) is 5.19. The minimum absolute atomic E-state index is 0.102. The number of rotatable bonds is 4. The van der Waals surface area contributed by atoms with E-state index in [0.717, 1.165) is 5.56 Å². The largest absolute Gasteiger partial charge is 0.349 e. The molecule has 2 fully saturated rings. The molecule has 3 rings (SSSR count). The first kappa shape index (κ1) is 13.7. The molecular weight excluding hydrogens is 246 g/mol. The Kier molecular flexibility index (Phi) is 4.09. The molecule has 1 unspecified atom stereocenters. The maximum atomic E-state index is 12.4. The highest BCUT2D eigenvalue weighted by Gasteiger charge is 2.24. The van der Waals surface area contributed by atoms with Crippen LogP contribution in [-0.4, -0.2) is 11.9 Å². The van der Waals surface area contributed by atoms with E-state index >= 15 is 0 Å². The van der Waals surface area contributed by atoms with E-state index < -0.39 is 0 Å². The second-order valence-corrected chi connectivity index (χ2v) is 6.56. The molecule has 0 radical (unpaired) electrons. The van der Waals surface area contributed by atoms with Gasteiger partial charge in [-0.1, -0.05) is 31.4 Å². The third-order valence-electron chi connectivity index (χ3n) is 5.19. The summed E-state index contributed by atoms with van der Waals surface area (Å²) in [5.41, 5.74) is 2.18. The average Bonchev–Trinajstić information content (AvgIpc) is 2.91. The van der Waals surface area contributed by atoms with Gasteiger partial charge in [0.1, 0.15) is 0 Å². The van der Waals surface area contributed by atoms with E-state index in [1.165, 1.54) is 50.5 Å². The van der Waals surface area contributed by atoms with Gasteiger partial charge in [-0.3, -0.25) is 4.79 Å². The first-order valence-corrected chi connectivity index (χ1v) is 8.15. The fourth-order valence-electron chi connectivity index (χ4n) is 3.54. The van der Waals surface area contributed by atoms with E-state index in [2.05, 4.69) is 24.4 Å². The van der Waals surface area contributed by atoms with Crippen LogP contribution in [0.3, 0.4) is 0 Å². The lowest BCUT2D eigenvalue weighted by Crippen LogP contribution is -2.37. The molecule has 2 saturated carbocycles. The molecule has 0 heterocycles. The first-order valence-electron chi connectivity index (χ1n) is 8.15. The summed E-state index contributed by atoms with van der Waals surface area (Å²) in [7, 11) is 0. The second kappa shape index (κ2) is 5.99. The van der Waals surface area contributed by atoms with E-state index in [-0.39, 0.29) is 5.91 Å². The SMILES string of the molecule is CC(NC(=O)c1cccc(C2CCC2)c1)C1CCCC1. The van der Waals surface area contributed by atoms with E-state index in [1.54, 1.807) is 0 Å². The predicted octanol–water partition coefficient (Wildman–Crippen LogP) is 4.26. The van der Waals surface area contributed by atoms with Crippen LogP contribution >= 0.6 is 0 Å². The summed E-state index contributed by atoms with van der Waals surface area (Å²) in [5, 5.41) is 3.20. The Morgan fingerprint density at radius 1 is 1.15 bits per heavy atom. The molecule has 20 heavy (non-hydrogen) atoms. The molecule has 2 aliphatic rings. The lowest BCUT2D eigenvalue weighted by Gasteiger charge is -2.26. The highest BCUT2D eigenvalue weighted by Crippen LogP contribution is 2.36. The van der Waals surface area contributed by atoms with Crippen LogP contribution in [-0.2, 0) is 0 Å². The molecule has 0 aliphatic heterocycles. The van der Waals surface area contributed by atoms with Crippen LogP contribution in [0, 0.1) is 5.92 Å². The van der Waals surface area contributed by atoms with Crippen LogP contribution in [0.2, 0.25) is 0 Å². The van der Waals surface area contributed by atoms with Gasteiger partial charge in [0.05, 0.1) is 0 Å². The summed E-state index contributed by atoms with van der Waals surface area (Å²) in [6.45, 7) is 2.16. The maximum Gasteiger partial charge on any atom is 0.251 e. The molecule has 1 atom stereocenters. The highest BCUT2D eigenvalue weighted by molar-refractivity contribution is 5.94. The molecule has 108 valence electrons. The van der Waals surface area contributed by atoms with Crippen molar-refractivity contribution in [1.29, 1.82) is 0 Å². The van der Waals surface area contributed by atoms with Crippen LogP contribution in [0.1, 0.15) is 73.7 Å². The molecule has 0 spiro atoms. The van der Waals surface area contributed by atoms with Crippen molar-refractivity contribution in [2.45, 2.75) is 63.8 Å². The summed E-state index contributed by atoms with van der Waals surface area (Å²) in [5.74, 6) is 1.47. The van der Waals surface area contributed by atoms with Crippen molar-refractivity contribution >= 4 is 5.91 Å². The van der Waals surface area contributed by atoms with Crippen LogP contribution in [0.15, 0.2) is 24.3 Å². The smallest absolute Gasteiger partial charge is 0.251 e. The van der Waals surface area contributed by atoms with Gasteiger partial charge in [0.25, 0.3) is 5.91 Å². The molecule has 1 N–H and O–H groups in total. The zero-order valence-corrected chi connectivity index (χ0v) is 12.4. The predicted molar refractivity (Wildman–Crippen MR) is 81.9 cm³/mol. The van der Waals surface area contributed by atoms with Gasteiger partial charge in [0.2, 0.25) is 0 Å². The molecule has 0 bridgehead atoms. The number of hydrogen-bond acceptors (Lipinski definition) is 1. The lowest BCUT2D eigenvalue weighted by atomic mass is 9.79. The van der Waals surface area contributed by atoms with Crippen LogP contribution in [0.25, 0.3) is 0 Å². The van der Waals surface area contributed by atoms with Crippen LogP contribution in [0.5, 0.6) is 0 Å². The second-order valence-electron chi connectivity index (χ2n) is 6.56. The molecule has 1 amide bonds. The van der Waals surface area contributed by atoms with Gasteiger partial charge in [-0.2, -0.15) is 0 Å². The zero-order chi connectivity index (χ0) is 13.9. The minimum atomic E-state index is 0.102. The van der Waals surface area contributed by atoms with Gasteiger partial charge in [-0.15, -0.1) is 0 Å². The van der Waals surface area contributed by atoms with Gasteiger partial charge in [-0.25, -0.2) is 0 Å². The average molecular weight is 271 g/mol. The minimum Gasteiger partial charge on any atom is -0.349 e. The Balaban J connectivity index is 1.63. The Morgan fingerprint density at radius 2 is 1.90 bits per heavy atom. The van der Waals surface area contributed by atoms with Gasteiger partial charge in [0, 0.05) is 11.6 Å². The van der Waals surface area contributed by atoms with Crippen LogP contribution < -0.4 is 5.32 Å². The zero-order valence-electron chi connectivity index (χ0n) is 12.4. The quantitative estimate of drug-likeness (QED) is 0.871. The van der Waals surface area contributed by atoms with Gasteiger partial charge in [0.15, 0.2) is 0 Å². The summed E-state index contributed by atoms with van der Waals surface area (Å²) in [6.07, 6.45) is 9.07. The maximum absolute atomic E-state index is 12.4. The lowest BCUT2D eigenvalue weighted by molar-refractivity contribution is 0.0927. The molecule has 2 heteroatoms. The number of carbonyl (C=O) groups is 1. The first-order chi connectivity index (χ1) is 9.74. The Labute approximate surface area is 122 Å². The Morgan fingerprint density at radius 3 is 2.55 bits per heavy atom. The molecular formula is C18H25NO. The van der Waals surface area contributed by atoms with E-state index in [4.69, 9.17) is 0 Å². The summed E-state index contributed by atoms with van der Waals surface area (Å²) < 4.78 is 0. The Hall–Kier alpha value is -1.31.